The second-order valence-corrected chi connectivity index (χ2v) is 3.06. The minimum atomic E-state index is -2.47. The van der Waals surface area contributed by atoms with Crippen molar-refractivity contribution in [2.24, 2.45) is 0 Å². The number of ether oxygens (including phenoxy) is 1. The Bertz CT molecular complexity index is 537. The molecule has 0 N–H and O–H groups in total. The maximum Gasteiger partial charge on any atom is 0.128 e. The van der Waals surface area contributed by atoms with Gasteiger partial charge < -0.3 is 4.74 Å². The molecule has 0 bridgehead atoms. The highest BCUT2D eigenvalue weighted by Crippen LogP contribution is 2.24. The third-order valence-electron chi connectivity index (χ3n) is 1.46. The maximum absolute atomic E-state index is 8.32. The van der Waals surface area contributed by atoms with Gasteiger partial charge in [-0.1, -0.05) is 0 Å². The summed E-state index contributed by atoms with van der Waals surface area (Å²) in [5.41, 5.74) is -0.496. The van der Waals surface area contributed by atoms with Crippen LogP contribution in [0.1, 0.15) is 33.9 Å². The van der Waals surface area contributed by atoms with Crippen LogP contribution in [-0.4, -0.2) is 23.4 Å². The van der Waals surface area contributed by atoms with Crippen LogP contribution < -0.4 is 0 Å². The molecule has 0 aromatic carbocycles. The fraction of sp³-hybridized carbons (Fsp3) is 0.556. The third kappa shape index (κ3) is 2.25. The molecule has 0 spiro atoms. The van der Waals surface area contributed by atoms with Crippen molar-refractivity contribution in [1.29, 1.82) is 0 Å². The Morgan fingerprint density at radius 1 is 1.54 bits per heavy atom. The minimum Gasteiger partial charge on any atom is -0.381 e. The van der Waals surface area contributed by atoms with Gasteiger partial charge in [0.25, 0.3) is 0 Å². The topological polar surface area (TPSA) is 35.0 Å². The minimum absolute atomic E-state index is 0.0111. The van der Waals surface area contributed by atoms with E-state index in [1.54, 1.807) is 0 Å². The second kappa shape index (κ2) is 4.15. The van der Waals surface area contributed by atoms with Crippen LogP contribution in [0.4, 0.5) is 0 Å². The van der Waals surface area contributed by atoms with Gasteiger partial charge in [-0.05, 0) is 40.8 Å². The van der Waals surface area contributed by atoms with E-state index in [1.807, 2.05) is 0 Å². The summed E-state index contributed by atoms with van der Waals surface area (Å²) >= 11 is 2.92. The zero-order chi connectivity index (χ0) is 15.3. The molecule has 13 heavy (non-hydrogen) atoms. The summed E-state index contributed by atoms with van der Waals surface area (Å²) in [6.45, 7) is -0.971. The summed E-state index contributed by atoms with van der Waals surface area (Å²) in [6, 6.07) is -0.878. The zero-order valence-electron chi connectivity index (χ0n) is 13.6. The smallest absolute Gasteiger partial charge is 0.128 e. The van der Waals surface area contributed by atoms with E-state index < -0.39 is 43.6 Å². The van der Waals surface area contributed by atoms with Gasteiger partial charge in [-0.15, -0.1) is 5.10 Å². The number of rotatable bonds is 1. The number of hydrogen-bond donors (Lipinski definition) is 0. The summed E-state index contributed by atoms with van der Waals surface area (Å²) in [6.07, 6.45) is -4.81. The van der Waals surface area contributed by atoms with Crippen LogP contribution in [0.2, 0.25) is 0 Å². The Morgan fingerprint density at radius 3 is 3.08 bits per heavy atom. The van der Waals surface area contributed by atoms with E-state index >= 15 is 0 Å². The lowest BCUT2D eigenvalue weighted by molar-refractivity contribution is 0.0843. The van der Waals surface area contributed by atoms with Crippen LogP contribution in [-0.2, 0) is 4.74 Å². The Kier molecular flexibility index (Phi) is 1.26. The first-order chi connectivity index (χ1) is 9.04. The van der Waals surface area contributed by atoms with Crippen LogP contribution in [0.3, 0.4) is 0 Å². The monoisotopic (exact) mass is 249 g/mol. The lowest BCUT2D eigenvalue weighted by Gasteiger charge is -2.20. The second-order valence-electron chi connectivity index (χ2n) is 2.31. The zero-order valence-corrected chi connectivity index (χ0v) is 8.18. The standard InChI is InChI=1S/C9H11BrN2O/c10-9-2-1-8(11-12-9)7-3-5-13-6-4-7/h1-2,7H,3-6H2/i1D,2D,3D2,4D2,7D. The highest BCUT2D eigenvalue weighted by atomic mass is 79.9. The number of halogens is 1. The van der Waals surface area contributed by atoms with Gasteiger partial charge in [0.15, 0.2) is 0 Å². The Labute approximate surface area is 95.5 Å². The first-order valence-corrected chi connectivity index (χ1v) is 4.41. The normalized spacial score (nSPS) is 36.8. The quantitative estimate of drug-likeness (QED) is 0.765. The number of aromatic nitrogens is 2. The molecule has 0 atom stereocenters. The van der Waals surface area contributed by atoms with Crippen molar-refractivity contribution in [3.63, 3.8) is 0 Å². The van der Waals surface area contributed by atoms with Crippen molar-refractivity contribution >= 4 is 15.9 Å². The molecule has 0 saturated carbocycles. The van der Waals surface area contributed by atoms with Crippen molar-refractivity contribution in [1.82, 2.24) is 10.2 Å². The molecule has 0 aliphatic carbocycles. The van der Waals surface area contributed by atoms with E-state index in [0.717, 1.165) is 0 Å². The van der Waals surface area contributed by atoms with Crippen molar-refractivity contribution in [2.75, 3.05) is 13.2 Å². The van der Waals surface area contributed by atoms with Crippen LogP contribution in [0.15, 0.2) is 16.7 Å². The Hall–Kier alpha value is -0.480. The summed E-state index contributed by atoms with van der Waals surface area (Å²) in [7, 11) is 0. The van der Waals surface area contributed by atoms with E-state index in [0.29, 0.717) is 0 Å². The van der Waals surface area contributed by atoms with Gasteiger partial charge in [-0.2, -0.15) is 5.10 Å². The highest BCUT2D eigenvalue weighted by molar-refractivity contribution is 9.10. The van der Waals surface area contributed by atoms with Gasteiger partial charge in [0.1, 0.15) is 4.60 Å². The molecule has 1 saturated heterocycles. The molecule has 0 unspecified atom stereocenters. The molecule has 0 amide bonds. The van der Waals surface area contributed by atoms with Crippen molar-refractivity contribution in [3.8, 4) is 0 Å². The molecule has 3 nitrogen and oxygen atoms in total. The van der Waals surface area contributed by atoms with Gasteiger partial charge in [0.05, 0.1) is 8.44 Å². The molecule has 1 aromatic heterocycles. The Morgan fingerprint density at radius 2 is 2.31 bits per heavy atom. The third-order valence-corrected chi connectivity index (χ3v) is 1.82. The van der Waals surface area contributed by atoms with Crippen LogP contribution in [0, 0.1) is 0 Å². The summed E-state index contributed by atoms with van der Waals surface area (Å²) in [5, 5.41) is 7.15. The molecule has 4 heteroatoms. The van der Waals surface area contributed by atoms with E-state index in [2.05, 4.69) is 26.1 Å². The predicted octanol–water partition coefficient (Wildman–Crippen LogP) is 2.13. The van der Waals surface area contributed by atoms with E-state index in [9.17, 15) is 0 Å². The lowest BCUT2D eigenvalue weighted by atomic mass is 9.96. The lowest BCUT2D eigenvalue weighted by Crippen LogP contribution is -2.15. The molecule has 1 aliphatic rings. The van der Waals surface area contributed by atoms with Gasteiger partial charge in [-0.3, -0.25) is 0 Å². The Balaban J connectivity index is 2.72. The SMILES string of the molecule is [2H]c1c(Br)nnc(C2([2H])C([2H])([2H])COCC2([2H])[2H])c1[2H]. The molecule has 2 heterocycles. The van der Waals surface area contributed by atoms with Gasteiger partial charge in [0, 0.05) is 26.0 Å². The van der Waals surface area contributed by atoms with Crippen LogP contribution in [0.25, 0.3) is 0 Å². The molecule has 1 aliphatic heterocycles. The fourth-order valence-corrected chi connectivity index (χ4v) is 1.07. The van der Waals surface area contributed by atoms with Crippen LogP contribution in [0.5, 0.6) is 0 Å². The van der Waals surface area contributed by atoms with E-state index in [4.69, 9.17) is 14.3 Å². The van der Waals surface area contributed by atoms with Crippen molar-refractivity contribution in [2.45, 2.75) is 18.6 Å². The fourth-order valence-electron chi connectivity index (χ4n) is 0.895. The van der Waals surface area contributed by atoms with E-state index in [-0.39, 0.29) is 10.6 Å². The molecular weight excluding hydrogens is 232 g/mol. The predicted molar refractivity (Wildman–Crippen MR) is 52.5 cm³/mol. The molecule has 1 aromatic rings. The molecule has 2 rings (SSSR count). The molecule has 1 fully saturated rings. The van der Waals surface area contributed by atoms with Crippen molar-refractivity contribution < 1.29 is 14.3 Å². The molecular formula is C9H11BrN2O. The van der Waals surface area contributed by atoms with Crippen molar-refractivity contribution in [3.05, 3.63) is 22.4 Å². The average Bonchev–Trinajstić information content (AvgIpc) is 2.33. The van der Waals surface area contributed by atoms with Gasteiger partial charge in [-0.25, -0.2) is 0 Å². The number of hydrogen-bond acceptors (Lipinski definition) is 3. The average molecular weight is 250 g/mol. The van der Waals surface area contributed by atoms with Crippen LogP contribution >= 0.6 is 15.9 Å². The molecule has 0 radical (unpaired) electrons. The van der Waals surface area contributed by atoms with E-state index in [1.165, 1.54) is 0 Å². The largest absolute Gasteiger partial charge is 0.381 e. The maximum atomic E-state index is 8.32. The summed E-state index contributed by atoms with van der Waals surface area (Å²) in [4.78, 5) is 0. The first-order valence-electron chi connectivity index (χ1n) is 7.12. The van der Waals surface area contributed by atoms with Gasteiger partial charge in [0.2, 0.25) is 0 Å². The van der Waals surface area contributed by atoms with Gasteiger partial charge >= 0.3 is 0 Å². The first kappa shape index (κ1) is 3.95. The summed E-state index contributed by atoms with van der Waals surface area (Å²) in [5.74, 6) is -2.47. The highest BCUT2D eigenvalue weighted by Gasteiger charge is 2.17. The molecule has 70 valence electrons. The number of nitrogens with zero attached hydrogens (tertiary/aromatic N) is 2. The summed E-state index contributed by atoms with van der Waals surface area (Å²) < 4.78 is 60.2.